The number of nitrogens with zero attached hydrogens (tertiary/aromatic N) is 2. The van der Waals surface area contributed by atoms with Crippen LogP contribution in [0.5, 0.6) is 11.5 Å². The Hall–Kier alpha value is -3.48. The maximum absolute atomic E-state index is 11.1. The van der Waals surface area contributed by atoms with E-state index in [0.29, 0.717) is 18.9 Å². The summed E-state index contributed by atoms with van der Waals surface area (Å²) in [6.07, 6.45) is 7.15. The third-order valence-corrected chi connectivity index (χ3v) is 7.57. The van der Waals surface area contributed by atoms with Gasteiger partial charge in [0.25, 0.3) is 0 Å². The summed E-state index contributed by atoms with van der Waals surface area (Å²) >= 11 is 0. The lowest BCUT2D eigenvalue weighted by Crippen LogP contribution is -2.26. The summed E-state index contributed by atoms with van der Waals surface area (Å²) < 4.78 is 17.9. The average Bonchev–Trinajstić information content (AvgIpc) is 3.50. The smallest absolute Gasteiger partial charge is 0.303 e. The molecule has 1 heterocycles. The number of hydrogen-bond acceptors (Lipinski definition) is 6. The molecule has 0 spiro atoms. The van der Waals surface area contributed by atoms with Gasteiger partial charge in [0, 0.05) is 25.1 Å². The molecule has 39 heavy (non-hydrogen) atoms. The highest BCUT2D eigenvalue weighted by molar-refractivity contribution is 5.69. The zero-order valence-corrected chi connectivity index (χ0v) is 23.8. The van der Waals surface area contributed by atoms with Crippen molar-refractivity contribution >= 4 is 11.7 Å². The number of unbranched alkanes of at least 4 members (excludes halogenated alkanes) is 2. The van der Waals surface area contributed by atoms with Crippen LogP contribution >= 0.6 is 0 Å². The van der Waals surface area contributed by atoms with E-state index in [1.54, 1.807) is 7.11 Å². The van der Waals surface area contributed by atoms with Crippen molar-refractivity contribution in [1.29, 1.82) is 0 Å². The molecule has 0 saturated carbocycles. The van der Waals surface area contributed by atoms with Gasteiger partial charge in [0.1, 0.15) is 17.3 Å². The molecule has 0 saturated heterocycles. The number of ether oxygens (including phenoxy) is 2. The number of aliphatic carboxylic acids is 1. The van der Waals surface area contributed by atoms with Gasteiger partial charge in [-0.15, -0.1) is 0 Å². The van der Waals surface area contributed by atoms with Gasteiger partial charge in [0.05, 0.1) is 31.5 Å². The zero-order chi connectivity index (χ0) is 27.8. The normalized spacial score (nSPS) is 14.3. The molecule has 4 rings (SSSR count). The molecule has 0 aliphatic heterocycles. The quantitative estimate of drug-likeness (QED) is 0.221. The first kappa shape index (κ1) is 28.5. The monoisotopic (exact) mass is 534 g/mol. The number of hydrogen-bond donors (Lipinski definition) is 1. The van der Waals surface area contributed by atoms with Crippen LogP contribution < -0.4 is 14.4 Å². The van der Waals surface area contributed by atoms with E-state index in [9.17, 15) is 4.79 Å². The maximum atomic E-state index is 11.1. The molecular weight excluding hydrogens is 492 g/mol. The number of carboxylic acid groups (broad SMARTS) is 1. The van der Waals surface area contributed by atoms with E-state index in [1.165, 1.54) is 5.56 Å². The number of rotatable bonds is 15. The van der Waals surface area contributed by atoms with Gasteiger partial charge in [-0.05, 0) is 80.0 Å². The summed E-state index contributed by atoms with van der Waals surface area (Å²) in [6.45, 7) is 8.85. The van der Waals surface area contributed by atoms with Crippen molar-refractivity contribution in [2.45, 2.75) is 78.1 Å². The van der Waals surface area contributed by atoms with E-state index in [4.69, 9.17) is 24.0 Å². The summed E-state index contributed by atoms with van der Waals surface area (Å²) in [4.78, 5) is 18.4. The fourth-order valence-corrected chi connectivity index (χ4v) is 5.36. The number of benzene rings is 2. The molecule has 0 fully saturated rings. The summed E-state index contributed by atoms with van der Waals surface area (Å²) in [5.74, 6) is 2.44. The Bertz CT molecular complexity index is 1240. The highest BCUT2D eigenvalue weighted by Gasteiger charge is 2.25. The summed E-state index contributed by atoms with van der Waals surface area (Å²) in [5.41, 5.74) is 5.25. The van der Waals surface area contributed by atoms with Crippen LogP contribution in [0.2, 0.25) is 0 Å². The highest BCUT2D eigenvalue weighted by Crippen LogP contribution is 2.37. The van der Waals surface area contributed by atoms with Crippen LogP contribution in [0, 0.1) is 6.92 Å². The number of anilines is 1. The van der Waals surface area contributed by atoms with Crippen LogP contribution in [0.1, 0.15) is 80.9 Å². The summed E-state index contributed by atoms with van der Waals surface area (Å²) in [5, 5.41) is 9.15. The van der Waals surface area contributed by atoms with Crippen LogP contribution in [0.4, 0.5) is 5.69 Å². The van der Waals surface area contributed by atoms with Crippen LogP contribution in [-0.4, -0.2) is 42.9 Å². The molecule has 3 aromatic rings. The van der Waals surface area contributed by atoms with Crippen LogP contribution in [0.3, 0.4) is 0 Å². The van der Waals surface area contributed by atoms with Crippen molar-refractivity contribution in [2.75, 3.05) is 31.7 Å². The minimum Gasteiger partial charge on any atom is -0.495 e. The van der Waals surface area contributed by atoms with Gasteiger partial charge in [0.15, 0.2) is 0 Å². The lowest BCUT2D eigenvalue weighted by atomic mass is 9.98. The van der Waals surface area contributed by atoms with E-state index < -0.39 is 5.97 Å². The van der Waals surface area contributed by atoms with Crippen molar-refractivity contribution in [2.24, 2.45) is 0 Å². The van der Waals surface area contributed by atoms with Crippen molar-refractivity contribution in [3.05, 3.63) is 59.0 Å². The Balaban J connectivity index is 1.43. The van der Waals surface area contributed by atoms with Crippen molar-refractivity contribution in [1.82, 2.24) is 4.98 Å². The molecular formula is C32H42N2O5. The summed E-state index contributed by atoms with van der Waals surface area (Å²) in [7, 11) is 1.72. The van der Waals surface area contributed by atoms with Gasteiger partial charge in [-0.1, -0.05) is 32.8 Å². The molecule has 1 aromatic heterocycles. The second kappa shape index (κ2) is 13.5. The first-order valence-corrected chi connectivity index (χ1v) is 14.3. The van der Waals surface area contributed by atoms with Crippen LogP contribution in [0.25, 0.3) is 11.5 Å². The number of aromatic nitrogens is 1. The number of aryl methyl sites for hydroxylation is 2. The minimum absolute atomic E-state index is 0.103. The van der Waals surface area contributed by atoms with Gasteiger partial charge < -0.3 is 23.9 Å². The molecule has 2 aromatic carbocycles. The molecule has 0 radical (unpaired) electrons. The number of carbonyl (C=O) groups is 1. The Morgan fingerprint density at radius 2 is 1.90 bits per heavy atom. The predicted molar refractivity (Wildman–Crippen MR) is 154 cm³/mol. The molecule has 1 N–H and O–H groups in total. The van der Waals surface area contributed by atoms with E-state index >= 15 is 0 Å². The number of methoxy groups -OCH3 is 1. The van der Waals surface area contributed by atoms with Gasteiger partial charge in [-0.25, -0.2) is 4.98 Å². The molecule has 7 heteroatoms. The van der Waals surface area contributed by atoms with E-state index in [-0.39, 0.29) is 12.3 Å². The largest absolute Gasteiger partial charge is 0.495 e. The third kappa shape index (κ3) is 7.14. The molecule has 0 bridgehead atoms. The number of fused-ring (bicyclic) bond motifs is 1. The molecule has 0 amide bonds. The SMILES string of the molecule is CCCCN(CCCC)c1cc(-c2nc(CCOc3ccc4c(c3)CC[C@H]4CC(=O)O)c(C)o2)ccc1OC. The molecule has 7 nitrogen and oxygen atoms in total. The predicted octanol–water partition coefficient (Wildman–Crippen LogP) is 7.19. The molecule has 1 aliphatic rings. The zero-order valence-electron chi connectivity index (χ0n) is 23.8. The second-order valence-corrected chi connectivity index (χ2v) is 10.4. The van der Waals surface area contributed by atoms with Gasteiger partial charge >= 0.3 is 5.97 Å². The van der Waals surface area contributed by atoms with Gasteiger partial charge in [-0.3, -0.25) is 4.79 Å². The number of oxazole rings is 1. The van der Waals surface area contributed by atoms with Crippen molar-refractivity contribution < 1.29 is 23.8 Å². The molecule has 210 valence electrons. The standard InChI is InChI=1S/C32H42N2O5/c1-5-7-16-34(17-8-6-2)29-20-25(11-14-30(29)37-4)32-33-28(22(3)39-32)15-18-38-26-12-13-27-23(19-26)9-10-24(27)21-31(35)36/h11-14,19-20,24H,5-10,15-18,21H2,1-4H3,(H,35,36)/t24-/m0/s1. The topological polar surface area (TPSA) is 85.0 Å². The first-order chi connectivity index (χ1) is 18.9. The van der Waals surface area contributed by atoms with E-state index in [2.05, 4.69) is 30.9 Å². The van der Waals surface area contributed by atoms with Gasteiger partial charge in [-0.2, -0.15) is 0 Å². The Morgan fingerprint density at radius 1 is 1.13 bits per heavy atom. The second-order valence-electron chi connectivity index (χ2n) is 10.4. The average molecular weight is 535 g/mol. The third-order valence-electron chi connectivity index (χ3n) is 7.57. The fraction of sp³-hybridized carbons (Fsp3) is 0.500. The van der Waals surface area contributed by atoms with E-state index in [1.807, 2.05) is 31.2 Å². The van der Waals surface area contributed by atoms with Gasteiger partial charge in [0.2, 0.25) is 5.89 Å². The van der Waals surface area contributed by atoms with Crippen LogP contribution in [-0.2, 0) is 17.6 Å². The first-order valence-electron chi connectivity index (χ1n) is 14.3. The number of carboxylic acids is 1. The minimum atomic E-state index is -0.744. The molecule has 0 unspecified atom stereocenters. The lowest BCUT2D eigenvalue weighted by molar-refractivity contribution is -0.137. The lowest BCUT2D eigenvalue weighted by Gasteiger charge is -2.26. The molecule has 1 aliphatic carbocycles. The fourth-order valence-electron chi connectivity index (χ4n) is 5.36. The Labute approximate surface area is 232 Å². The highest BCUT2D eigenvalue weighted by atomic mass is 16.5. The van der Waals surface area contributed by atoms with Crippen molar-refractivity contribution in [3.8, 4) is 23.0 Å². The summed E-state index contributed by atoms with van der Waals surface area (Å²) in [6, 6.07) is 12.2. The Kier molecular flexibility index (Phi) is 9.90. The van der Waals surface area contributed by atoms with Crippen molar-refractivity contribution in [3.63, 3.8) is 0 Å². The Morgan fingerprint density at radius 3 is 2.59 bits per heavy atom. The van der Waals surface area contributed by atoms with Crippen LogP contribution in [0.15, 0.2) is 40.8 Å². The molecule has 1 atom stereocenters. The van der Waals surface area contributed by atoms with E-state index in [0.717, 1.165) is 91.4 Å². The maximum Gasteiger partial charge on any atom is 0.303 e.